The van der Waals surface area contributed by atoms with E-state index in [1.165, 1.54) is 6.42 Å². The van der Waals surface area contributed by atoms with Gasteiger partial charge in [-0.3, -0.25) is 0 Å². The van der Waals surface area contributed by atoms with Crippen molar-refractivity contribution in [1.82, 2.24) is 4.90 Å². The van der Waals surface area contributed by atoms with Crippen LogP contribution in [-0.4, -0.2) is 38.6 Å². The molecule has 0 fully saturated rings. The van der Waals surface area contributed by atoms with Crippen LogP contribution in [0, 0.1) is 9.02 Å². The first kappa shape index (κ1) is 12.7. The normalized spacial score (nSPS) is 11.2. The third kappa shape index (κ3) is 3.33. The van der Waals surface area contributed by atoms with Gasteiger partial charge >= 0.3 is 0 Å². The lowest BCUT2D eigenvalue weighted by Gasteiger charge is -2.24. The summed E-state index contributed by atoms with van der Waals surface area (Å²) < 4.78 is 1.68. The van der Waals surface area contributed by atoms with E-state index in [1.807, 2.05) is 6.07 Å². The molecule has 0 aliphatic carbocycles. The number of hydrogen-bond donors (Lipinski definition) is 0. The van der Waals surface area contributed by atoms with Gasteiger partial charge in [-0.1, -0.05) is 31.4 Å². The average molecular weight is 242 g/mol. The Labute approximate surface area is 102 Å². The van der Waals surface area contributed by atoms with Crippen molar-refractivity contribution in [2.24, 2.45) is 0 Å². The van der Waals surface area contributed by atoms with Crippen LogP contribution in [0.15, 0.2) is 6.07 Å². The number of hydrogen-bond acceptors (Lipinski definition) is 4. The summed E-state index contributed by atoms with van der Waals surface area (Å²) >= 11 is 10.2. The van der Waals surface area contributed by atoms with Gasteiger partial charge in [0.25, 0.3) is 0 Å². The van der Waals surface area contributed by atoms with Crippen LogP contribution in [0.4, 0.5) is 5.69 Å². The Morgan fingerprint density at radius 3 is 2.27 bits per heavy atom. The third-order valence-corrected chi connectivity index (χ3v) is 3.44. The second-order valence-corrected chi connectivity index (χ2v) is 4.80. The minimum atomic E-state index is 0.828. The Kier molecular flexibility index (Phi) is 4.83. The molecule has 0 aliphatic rings. The molecule has 0 atom stereocenters. The summed E-state index contributed by atoms with van der Waals surface area (Å²) in [7, 11) is 4.22. The zero-order chi connectivity index (χ0) is 11.4. The Balaban J connectivity index is 2.38. The zero-order valence-corrected chi connectivity index (χ0v) is 11.2. The van der Waals surface area contributed by atoms with Crippen LogP contribution in [0.2, 0.25) is 0 Å². The van der Waals surface area contributed by atoms with E-state index < -0.39 is 0 Å². The van der Waals surface area contributed by atoms with Crippen molar-refractivity contribution in [2.45, 2.75) is 13.3 Å². The predicted molar refractivity (Wildman–Crippen MR) is 71.5 cm³/mol. The molecule has 15 heavy (non-hydrogen) atoms. The lowest BCUT2D eigenvalue weighted by Crippen LogP contribution is -2.31. The standard InChI is InChI=1S/C11H18N2S2/c1-4-5-12(2)6-7-13(3)9-8-10(14)11(9)15/h8H,4-7H2,1-3H3. The molecule has 1 aromatic carbocycles. The summed E-state index contributed by atoms with van der Waals surface area (Å²) in [6.07, 6.45) is 1.20. The number of rotatable bonds is 6. The van der Waals surface area contributed by atoms with Crippen LogP contribution >= 0.6 is 24.4 Å². The van der Waals surface area contributed by atoms with Gasteiger partial charge in [0.1, 0.15) is 0 Å². The summed E-state index contributed by atoms with van der Waals surface area (Å²) in [6, 6.07) is 1.98. The van der Waals surface area contributed by atoms with E-state index >= 15 is 0 Å². The molecule has 4 heteroatoms. The van der Waals surface area contributed by atoms with Crippen LogP contribution in [-0.2, 0) is 0 Å². The summed E-state index contributed by atoms with van der Waals surface area (Å²) in [6.45, 7) is 5.42. The van der Waals surface area contributed by atoms with Gasteiger partial charge in [0, 0.05) is 20.1 Å². The van der Waals surface area contributed by atoms with E-state index in [2.05, 4.69) is 30.8 Å². The monoisotopic (exact) mass is 242 g/mol. The molecule has 1 aromatic rings. The molecule has 0 spiro atoms. The molecule has 0 aromatic heterocycles. The molecule has 0 saturated carbocycles. The highest BCUT2D eigenvalue weighted by Gasteiger charge is 2.08. The molecule has 0 N–H and O–H groups in total. The lowest BCUT2D eigenvalue weighted by molar-refractivity contribution is 0.342. The van der Waals surface area contributed by atoms with E-state index in [9.17, 15) is 0 Å². The maximum absolute atomic E-state index is 5.17. The largest absolute Gasteiger partial charge is 0.372 e. The highest BCUT2D eigenvalue weighted by Crippen LogP contribution is 2.20. The molecule has 1 rings (SSSR count). The first-order valence-corrected chi connectivity index (χ1v) is 6.08. The minimum absolute atomic E-state index is 0.828. The van der Waals surface area contributed by atoms with Gasteiger partial charge in [0.15, 0.2) is 0 Å². The molecule has 0 aliphatic heterocycles. The van der Waals surface area contributed by atoms with Gasteiger partial charge in [-0.2, -0.15) is 0 Å². The van der Waals surface area contributed by atoms with E-state index in [0.717, 1.165) is 34.3 Å². The highest BCUT2D eigenvalue weighted by atomic mass is 32.1. The Hall–Kier alpha value is -0.320. The zero-order valence-electron chi connectivity index (χ0n) is 9.62. The Bertz CT molecular complexity index is 380. The van der Waals surface area contributed by atoms with Gasteiger partial charge < -0.3 is 9.80 Å². The number of anilines is 1. The minimum Gasteiger partial charge on any atom is -0.372 e. The van der Waals surface area contributed by atoms with E-state index in [4.69, 9.17) is 24.4 Å². The maximum Gasteiger partial charge on any atom is 0.0792 e. The van der Waals surface area contributed by atoms with Gasteiger partial charge in [-0.15, -0.1) is 0 Å². The third-order valence-electron chi connectivity index (χ3n) is 2.56. The van der Waals surface area contributed by atoms with Crippen molar-refractivity contribution >= 4 is 30.1 Å². The van der Waals surface area contributed by atoms with Crippen molar-refractivity contribution < 1.29 is 0 Å². The maximum atomic E-state index is 5.17. The SMILES string of the molecule is CCCN(C)CCN(C)c1cc(=S)c1=S. The van der Waals surface area contributed by atoms with Gasteiger partial charge in [0.2, 0.25) is 0 Å². The van der Waals surface area contributed by atoms with Crippen molar-refractivity contribution in [3.63, 3.8) is 0 Å². The summed E-state index contributed by atoms with van der Waals surface area (Å²) in [5, 5.41) is 0. The highest BCUT2D eigenvalue weighted by molar-refractivity contribution is 7.74. The quantitative estimate of drug-likeness (QED) is 0.707. The molecule has 0 amide bonds. The number of likely N-dealkylation sites (N-methyl/N-ethyl adjacent to an activating group) is 2. The lowest BCUT2D eigenvalue weighted by atomic mass is 10.2. The Morgan fingerprint density at radius 2 is 1.80 bits per heavy atom. The molecule has 0 bridgehead atoms. The fourth-order valence-electron chi connectivity index (χ4n) is 1.52. The van der Waals surface area contributed by atoms with Gasteiger partial charge in [-0.25, -0.2) is 0 Å². The summed E-state index contributed by atoms with van der Waals surface area (Å²) in [5.74, 6) is 0. The smallest absolute Gasteiger partial charge is 0.0792 e. The molecular weight excluding hydrogens is 224 g/mol. The molecular formula is C11H18N2S2. The van der Waals surface area contributed by atoms with Crippen molar-refractivity contribution in [2.75, 3.05) is 38.6 Å². The first-order chi connectivity index (χ1) is 7.06. The molecule has 0 unspecified atom stereocenters. The summed E-state index contributed by atoms with van der Waals surface area (Å²) in [4.78, 5) is 4.52. The van der Waals surface area contributed by atoms with Crippen LogP contribution < -0.4 is 4.90 Å². The van der Waals surface area contributed by atoms with Gasteiger partial charge in [-0.05, 0) is 26.1 Å². The van der Waals surface area contributed by atoms with Crippen LogP contribution in [0.5, 0.6) is 0 Å². The van der Waals surface area contributed by atoms with Crippen LogP contribution in [0.3, 0.4) is 0 Å². The van der Waals surface area contributed by atoms with E-state index in [0.29, 0.717) is 0 Å². The van der Waals surface area contributed by atoms with Crippen LogP contribution in [0.1, 0.15) is 13.3 Å². The van der Waals surface area contributed by atoms with E-state index in [1.54, 1.807) is 0 Å². The molecule has 84 valence electrons. The molecule has 0 heterocycles. The number of nitrogens with zero attached hydrogens (tertiary/aromatic N) is 2. The molecule has 2 nitrogen and oxygen atoms in total. The van der Waals surface area contributed by atoms with Crippen LogP contribution in [0.25, 0.3) is 0 Å². The molecule has 0 radical (unpaired) electrons. The second-order valence-electron chi connectivity index (χ2n) is 3.95. The average Bonchev–Trinajstić information content (AvgIpc) is 2.22. The van der Waals surface area contributed by atoms with Crippen molar-refractivity contribution in [1.29, 1.82) is 0 Å². The summed E-state index contributed by atoms with van der Waals surface area (Å²) in [5.41, 5.74) is 1.12. The predicted octanol–water partition coefficient (Wildman–Crippen LogP) is 2.80. The molecule has 0 saturated heterocycles. The first-order valence-electron chi connectivity index (χ1n) is 5.26. The van der Waals surface area contributed by atoms with E-state index in [-0.39, 0.29) is 0 Å². The fourth-order valence-corrected chi connectivity index (χ4v) is 2.01. The second kappa shape index (κ2) is 5.68. The fraction of sp³-hybridized carbons (Fsp3) is 0.636. The van der Waals surface area contributed by atoms with Crippen molar-refractivity contribution in [3.05, 3.63) is 15.1 Å². The Morgan fingerprint density at radius 1 is 1.13 bits per heavy atom. The van der Waals surface area contributed by atoms with Crippen molar-refractivity contribution in [3.8, 4) is 0 Å². The topological polar surface area (TPSA) is 6.48 Å². The van der Waals surface area contributed by atoms with Gasteiger partial charge in [0.05, 0.1) is 14.7 Å².